The van der Waals surface area contributed by atoms with Gasteiger partial charge in [-0.3, -0.25) is 0 Å². The van der Waals surface area contributed by atoms with Gasteiger partial charge in [0.25, 0.3) is 0 Å². The molecule has 0 aliphatic carbocycles. The largest absolute Gasteiger partial charge is 0.495 e. The predicted molar refractivity (Wildman–Crippen MR) is 56.0 cm³/mol. The van der Waals surface area contributed by atoms with Gasteiger partial charge in [-0.05, 0) is 0 Å². The minimum Gasteiger partial charge on any atom is -0.495 e. The molecule has 1 heterocycles. The third kappa shape index (κ3) is 2.26. The van der Waals surface area contributed by atoms with Crippen LogP contribution in [0.1, 0.15) is 11.3 Å². The van der Waals surface area contributed by atoms with E-state index < -0.39 is 0 Å². The average Bonchev–Trinajstić information content (AvgIpc) is 2.28. The lowest BCUT2D eigenvalue weighted by molar-refractivity contribution is 0.380. The molecule has 0 aliphatic heterocycles. The van der Waals surface area contributed by atoms with Crippen LogP contribution in [-0.4, -0.2) is 19.2 Å². The highest BCUT2D eigenvalue weighted by molar-refractivity contribution is 5.49. The first-order chi connectivity index (χ1) is 7.26. The number of hydrogen-bond acceptors (Lipinski definition) is 4. The maximum atomic E-state index is 8.98. The lowest BCUT2D eigenvalue weighted by Gasteiger charge is -2.08. The van der Waals surface area contributed by atoms with Gasteiger partial charge in [0.05, 0.1) is 19.9 Å². The van der Waals surface area contributed by atoms with E-state index in [1.807, 2.05) is 0 Å². The van der Waals surface area contributed by atoms with Gasteiger partial charge in [-0.15, -0.1) is 6.58 Å². The Bertz CT molecular complexity index is 408. The van der Waals surface area contributed by atoms with Gasteiger partial charge in [-0.1, -0.05) is 6.08 Å². The molecule has 15 heavy (non-hydrogen) atoms. The number of pyridine rings is 1. The summed E-state index contributed by atoms with van der Waals surface area (Å²) in [6.45, 7) is 3.61. The Balaban J connectivity index is 3.33. The molecule has 0 spiro atoms. The molecule has 0 amide bonds. The Hall–Kier alpha value is -2.02. The smallest absolute Gasteiger partial charge is 0.217 e. The minimum absolute atomic E-state index is 0.429. The van der Waals surface area contributed by atoms with E-state index in [1.54, 1.807) is 12.1 Å². The van der Waals surface area contributed by atoms with Crippen LogP contribution in [0.4, 0.5) is 0 Å². The normalized spacial score (nSPS) is 9.13. The quantitative estimate of drug-likeness (QED) is 0.700. The number of nitrogens with zero attached hydrogens (tertiary/aromatic N) is 2. The number of allylic oxidation sites excluding steroid dienone is 1. The number of hydrogen-bond donors (Lipinski definition) is 0. The summed E-state index contributed by atoms with van der Waals surface area (Å²) in [6, 6.07) is 3.65. The first-order valence-corrected chi connectivity index (χ1v) is 4.39. The van der Waals surface area contributed by atoms with E-state index in [4.69, 9.17) is 14.7 Å². The molecular weight excluding hydrogens is 192 g/mol. The van der Waals surface area contributed by atoms with Gasteiger partial charge in [-0.25, -0.2) is 4.98 Å². The predicted octanol–water partition coefficient (Wildman–Crippen LogP) is 1.70. The summed E-state index contributed by atoms with van der Waals surface area (Å²) >= 11 is 0. The van der Waals surface area contributed by atoms with E-state index >= 15 is 0 Å². The summed E-state index contributed by atoms with van der Waals surface area (Å²) in [6.07, 6.45) is 2.19. The molecule has 4 heteroatoms. The zero-order valence-electron chi connectivity index (χ0n) is 8.78. The third-order valence-corrected chi connectivity index (χ3v) is 1.91. The molecule has 0 aliphatic rings. The van der Waals surface area contributed by atoms with Crippen LogP contribution in [0.5, 0.6) is 11.6 Å². The van der Waals surface area contributed by atoms with Crippen LogP contribution in [0.25, 0.3) is 0 Å². The molecule has 0 saturated heterocycles. The molecule has 1 aromatic heterocycles. The molecule has 0 saturated carbocycles. The van der Waals surface area contributed by atoms with Crippen LogP contribution in [0.3, 0.4) is 0 Å². The van der Waals surface area contributed by atoms with Gasteiger partial charge in [0.15, 0.2) is 0 Å². The maximum Gasteiger partial charge on any atom is 0.217 e. The van der Waals surface area contributed by atoms with Crippen molar-refractivity contribution < 1.29 is 9.47 Å². The van der Waals surface area contributed by atoms with Gasteiger partial charge in [-0.2, -0.15) is 5.26 Å². The van der Waals surface area contributed by atoms with E-state index in [1.165, 1.54) is 14.2 Å². The molecule has 0 bridgehead atoms. The van der Waals surface area contributed by atoms with Crippen LogP contribution in [0, 0.1) is 11.3 Å². The molecule has 0 fully saturated rings. The van der Waals surface area contributed by atoms with Gasteiger partial charge >= 0.3 is 0 Å². The van der Waals surface area contributed by atoms with Crippen molar-refractivity contribution in [3.63, 3.8) is 0 Å². The molecular formula is C11H12N2O2. The number of aromatic nitrogens is 1. The topological polar surface area (TPSA) is 55.1 Å². The van der Waals surface area contributed by atoms with E-state index in [2.05, 4.69) is 17.6 Å². The van der Waals surface area contributed by atoms with Crippen molar-refractivity contribution in [2.75, 3.05) is 14.2 Å². The first-order valence-electron chi connectivity index (χ1n) is 4.39. The van der Waals surface area contributed by atoms with Crippen molar-refractivity contribution in [1.29, 1.82) is 5.26 Å². The van der Waals surface area contributed by atoms with Crippen LogP contribution < -0.4 is 9.47 Å². The molecule has 78 valence electrons. The van der Waals surface area contributed by atoms with Crippen molar-refractivity contribution >= 4 is 0 Å². The lowest BCUT2D eigenvalue weighted by atomic mass is 10.1. The summed E-state index contributed by atoms with van der Waals surface area (Å²) < 4.78 is 10.1. The van der Waals surface area contributed by atoms with Gasteiger partial charge < -0.3 is 9.47 Å². The van der Waals surface area contributed by atoms with E-state index in [9.17, 15) is 0 Å². The molecule has 1 aromatic rings. The highest BCUT2D eigenvalue weighted by atomic mass is 16.5. The standard InChI is InChI=1S/C11H12N2O2/c1-4-5-9-8(7-12)10(14-2)6-11(13-9)15-3/h4,6H,1,5H2,2-3H3. The fourth-order valence-corrected chi connectivity index (χ4v) is 1.22. The molecule has 0 aromatic carbocycles. The number of nitriles is 1. The zero-order valence-corrected chi connectivity index (χ0v) is 8.78. The monoisotopic (exact) mass is 204 g/mol. The summed E-state index contributed by atoms with van der Waals surface area (Å²) in [7, 11) is 3.03. The molecule has 1 rings (SSSR count). The Morgan fingerprint density at radius 1 is 1.53 bits per heavy atom. The van der Waals surface area contributed by atoms with Crippen LogP contribution >= 0.6 is 0 Å². The summed E-state index contributed by atoms with van der Waals surface area (Å²) in [5.74, 6) is 0.906. The Labute approximate surface area is 88.8 Å². The second kappa shape index (κ2) is 5.01. The lowest BCUT2D eigenvalue weighted by Crippen LogP contribution is -2.00. The van der Waals surface area contributed by atoms with Crippen molar-refractivity contribution in [2.45, 2.75) is 6.42 Å². The summed E-state index contributed by atoms with van der Waals surface area (Å²) in [4.78, 5) is 4.16. The van der Waals surface area contributed by atoms with E-state index in [0.717, 1.165) is 0 Å². The number of ether oxygens (including phenoxy) is 2. The first kappa shape index (κ1) is 11.1. The number of rotatable bonds is 4. The fourth-order valence-electron chi connectivity index (χ4n) is 1.22. The molecule has 0 unspecified atom stereocenters. The van der Waals surface area contributed by atoms with Crippen LogP contribution in [-0.2, 0) is 6.42 Å². The fraction of sp³-hybridized carbons (Fsp3) is 0.273. The van der Waals surface area contributed by atoms with Crippen LogP contribution in [0.15, 0.2) is 18.7 Å². The summed E-state index contributed by atoms with van der Waals surface area (Å²) in [5.41, 5.74) is 1.04. The van der Waals surface area contributed by atoms with Gasteiger partial charge in [0.1, 0.15) is 17.4 Å². The highest BCUT2D eigenvalue weighted by Crippen LogP contribution is 2.25. The van der Waals surface area contributed by atoms with Crippen molar-refractivity contribution in [3.05, 3.63) is 30.0 Å². The minimum atomic E-state index is 0.429. The maximum absolute atomic E-state index is 8.98. The summed E-state index contributed by atoms with van der Waals surface area (Å²) in [5, 5.41) is 8.98. The molecule has 0 radical (unpaired) electrons. The van der Waals surface area contributed by atoms with Crippen LogP contribution in [0.2, 0.25) is 0 Å². The molecule has 4 nitrogen and oxygen atoms in total. The molecule has 0 atom stereocenters. The van der Waals surface area contributed by atoms with Crippen molar-refractivity contribution in [1.82, 2.24) is 4.98 Å². The van der Waals surface area contributed by atoms with Gasteiger partial charge in [0, 0.05) is 12.5 Å². The zero-order chi connectivity index (χ0) is 11.3. The highest BCUT2D eigenvalue weighted by Gasteiger charge is 2.12. The van der Waals surface area contributed by atoms with E-state index in [-0.39, 0.29) is 0 Å². The number of methoxy groups -OCH3 is 2. The molecule has 0 N–H and O–H groups in total. The Morgan fingerprint density at radius 3 is 2.73 bits per heavy atom. The Morgan fingerprint density at radius 2 is 2.27 bits per heavy atom. The SMILES string of the molecule is C=CCc1nc(OC)cc(OC)c1C#N. The second-order valence-electron chi connectivity index (χ2n) is 2.79. The van der Waals surface area contributed by atoms with Gasteiger partial charge in [0.2, 0.25) is 5.88 Å². The average molecular weight is 204 g/mol. The van der Waals surface area contributed by atoms with Crippen molar-refractivity contribution in [3.8, 4) is 17.7 Å². The van der Waals surface area contributed by atoms with E-state index in [0.29, 0.717) is 29.3 Å². The Kier molecular flexibility index (Phi) is 3.69. The van der Waals surface area contributed by atoms with Crippen molar-refractivity contribution in [2.24, 2.45) is 0 Å². The third-order valence-electron chi connectivity index (χ3n) is 1.91. The second-order valence-corrected chi connectivity index (χ2v) is 2.79.